The molecule has 19 heavy (non-hydrogen) atoms. The fourth-order valence-electron chi connectivity index (χ4n) is 1.93. The lowest BCUT2D eigenvalue weighted by atomic mass is 10.2. The first-order chi connectivity index (χ1) is 9.43. The van der Waals surface area contributed by atoms with Gasteiger partial charge in [-0.25, -0.2) is 0 Å². The number of hydrogen-bond acceptors (Lipinski definition) is 4. The summed E-state index contributed by atoms with van der Waals surface area (Å²) >= 11 is 1.76. The summed E-state index contributed by atoms with van der Waals surface area (Å²) in [7, 11) is 0. The van der Waals surface area contributed by atoms with Crippen molar-refractivity contribution in [3.63, 3.8) is 0 Å². The van der Waals surface area contributed by atoms with E-state index in [1.807, 2.05) is 36.4 Å². The molecule has 1 aliphatic rings. The number of thioether (sulfide) groups is 1. The van der Waals surface area contributed by atoms with Crippen LogP contribution in [0.5, 0.6) is 0 Å². The highest BCUT2D eigenvalue weighted by molar-refractivity contribution is 8.14. The fraction of sp³-hybridized carbons (Fsp3) is 0.133. The number of nitrogens with zero attached hydrogens (tertiary/aromatic N) is 2. The zero-order valence-electron chi connectivity index (χ0n) is 10.5. The van der Waals surface area contributed by atoms with Gasteiger partial charge < -0.3 is 0 Å². The molecule has 0 unspecified atom stereocenters. The molecular formula is C15H15N3S. The van der Waals surface area contributed by atoms with E-state index in [0.717, 1.165) is 28.8 Å². The van der Waals surface area contributed by atoms with Crippen LogP contribution in [0.25, 0.3) is 0 Å². The Bertz CT molecular complexity index is 515. The summed E-state index contributed by atoms with van der Waals surface area (Å²) in [6, 6.07) is 20.5. The number of rotatable bonds is 3. The minimum Gasteiger partial charge on any atom is -0.272 e. The first-order valence-electron chi connectivity index (χ1n) is 6.27. The van der Waals surface area contributed by atoms with Crippen LogP contribution in [0, 0.1) is 0 Å². The standard InChI is InChI=1S/C15H15N3S/c1-3-7-13(8-4-1)18(14-9-5-2-6-10-14)17-15-16-11-12-19-15/h1-10H,11-12H2,(H,16,17). The summed E-state index contributed by atoms with van der Waals surface area (Å²) in [5, 5.41) is 3.05. The molecule has 2 aromatic rings. The predicted molar refractivity (Wildman–Crippen MR) is 82.9 cm³/mol. The van der Waals surface area contributed by atoms with Gasteiger partial charge in [-0.2, -0.15) is 0 Å². The fourth-order valence-corrected chi connectivity index (χ4v) is 2.65. The van der Waals surface area contributed by atoms with Crippen molar-refractivity contribution in [3.05, 3.63) is 60.7 Å². The average Bonchev–Trinajstić information content (AvgIpc) is 3.00. The van der Waals surface area contributed by atoms with E-state index in [4.69, 9.17) is 0 Å². The minimum atomic E-state index is 0.893. The molecule has 1 heterocycles. The zero-order valence-corrected chi connectivity index (χ0v) is 11.3. The van der Waals surface area contributed by atoms with Gasteiger partial charge in [-0.3, -0.25) is 15.4 Å². The summed E-state index contributed by atoms with van der Waals surface area (Å²) in [6.45, 7) is 0.893. The van der Waals surface area contributed by atoms with Crippen molar-refractivity contribution in [2.45, 2.75) is 0 Å². The molecule has 0 atom stereocenters. The van der Waals surface area contributed by atoms with Crippen LogP contribution in [0.1, 0.15) is 0 Å². The first kappa shape index (κ1) is 12.1. The second-order valence-corrected chi connectivity index (χ2v) is 5.24. The van der Waals surface area contributed by atoms with Gasteiger partial charge in [-0.05, 0) is 24.3 Å². The van der Waals surface area contributed by atoms with Crippen LogP contribution in [-0.2, 0) is 0 Å². The van der Waals surface area contributed by atoms with E-state index in [1.54, 1.807) is 11.8 Å². The van der Waals surface area contributed by atoms with Gasteiger partial charge >= 0.3 is 0 Å². The summed E-state index contributed by atoms with van der Waals surface area (Å²) in [5.74, 6) is 1.06. The maximum Gasteiger partial charge on any atom is 0.175 e. The topological polar surface area (TPSA) is 27.6 Å². The summed E-state index contributed by atoms with van der Waals surface area (Å²) in [5.41, 5.74) is 5.60. The second-order valence-electron chi connectivity index (χ2n) is 4.15. The molecule has 3 nitrogen and oxygen atoms in total. The van der Waals surface area contributed by atoms with Gasteiger partial charge in [0, 0.05) is 5.75 Å². The minimum absolute atomic E-state index is 0.893. The van der Waals surface area contributed by atoms with Crippen LogP contribution in [0.2, 0.25) is 0 Å². The molecular weight excluding hydrogens is 254 g/mol. The van der Waals surface area contributed by atoms with Crippen LogP contribution in [0.15, 0.2) is 65.7 Å². The number of anilines is 2. The lowest BCUT2D eigenvalue weighted by Crippen LogP contribution is -2.36. The third-order valence-electron chi connectivity index (χ3n) is 2.82. The second kappa shape index (κ2) is 5.80. The van der Waals surface area contributed by atoms with Crippen LogP contribution in [0.4, 0.5) is 11.4 Å². The summed E-state index contributed by atoms with van der Waals surface area (Å²) < 4.78 is 0. The van der Waals surface area contributed by atoms with E-state index in [2.05, 4.69) is 39.7 Å². The maximum atomic E-state index is 4.45. The number of hydrogen-bond donors (Lipinski definition) is 1. The quantitative estimate of drug-likeness (QED) is 0.865. The molecule has 0 amide bonds. The smallest absolute Gasteiger partial charge is 0.175 e. The first-order valence-corrected chi connectivity index (χ1v) is 7.26. The van der Waals surface area contributed by atoms with Gasteiger partial charge in [-0.1, -0.05) is 48.2 Å². The van der Waals surface area contributed by atoms with E-state index in [0.29, 0.717) is 0 Å². The van der Waals surface area contributed by atoms with E-state index < -0.39 is 0 Å². The molecule has 1 N–H and O–H groups in total. The van der Waals surface area contributed by atoms with Crippen molar-refractivity contribution in [2.75, 3.05) is 17.3 Å². The highest BCUT2D eigenvalue weighted by atomic mass is 32.2. The van der Waals surface area contributed by atoms with Gasteiger partial charge in [0.15, 0.2) is 5.17 Å². The van der Waals surface area contributed by atoms with Crippen LogP contribution < -0.4 is 10.4 Å². The number of nitrogens with one attached hydrogen (secondary N) is 1. The van der Waals surface area contributed by atoms with Crippen LogP contribution in [-0.4, -0.2) is 17.5 Å². The zero-order chi connectivity index (χ0) is 12.9. The third-order valence-corrected chi connectivity index (χ3v) is 3.70. The highest BCUT2D eigenvalue weighted by Crippen LogP contribution is 2.23. The van der Waals surface area contributed by atoms with E-state index in [9.17, 15) is 0 Å². The van der Waals surface area contributed by atoms with Crippen molar-refractivity contribution >= 4 is 28.3 Å². The summed E-state index contributed by atoms with van der Waals surface area (Å²) in [6.07, 6.45) is 0. The lowest BCUT2D eigenvalue weighted by Gasteiger charge is -2.26. The largest absolute Gasteiger partial charge is 0.272 e. The molecule has 1 aliphatic heterocycles. The Morgan fingerprint density at radius 1 is 0.895 bits per heavy atom. The van der Waals surface area contributed by atoms with Crippen molar-refractivity contribution in [3.8, 4) is 0 Å². The maximum absolute atomic E-state index is 4.45. The molecule has 0 spiro atoms. The number of amidine groups is 1. The average molecular weight is 269 g/mol. The van der Waals surface area contributed by atoms with Crippen LogP contribution in [0.3, 0.4) is 0 Å². The Labute approximate surface area is 117 Å². The van der Waals surface area contributed by atoms with Crippen molar-refractivity contribution in [1.29, 1.82) is 0 Å². The number of hydrazine groups is 1. The molecule has 0 aromatic heterocycles. The molecule has 2 aromatic carbocycles. The normalized spacial score (nSPS) is 14.0. The van der Waals surface area contributed by atoms with Crippen molar-refractivity contribution in [1.82, 2.24) is 5.43 Å². The van der Waals surface area contributed by atoms with Crippen molar-refractivity contribution in [2.24, 2.45) is 4.99 Å². The Kier molecular flexibility index (Phi) is 3.70. The van der Waals surface area contributed by atoms with Gasteiger partial charge in [0.25, 0.3) is 0 Å². The van der Waals surface area contributed by atoms with E-state index in [1.165, 1.54) is 0 Å². The Balaban J connectivity index is 1.91. The number of aliphatic imine (C=N–C) groups is 1. The molecule has 0 fully saturated rings. The molecule has 0 saturated carbocycles. The molecule has 3 rings (SSSR count). The Morgan fingerprint density at radius 2 is 1.47 bits per heavy atom. The van der Waals surface area contributed by atoms with Crippen LogP contribution >= 0.6 is 11.8 Å². The molecule has 0 radical (unpaired) electrons. The molecule has 0 aliphatic carbocycles. The number of para-hydroxylation sites is 2. The van der Waals surface area contributed by atoms with Gasteiger partial charge in [-0.15, -0.1) is 0 Å². The molecule has 4 heteroatoms. The van der Waals surface area contributed by atoms with E-state index in [-0.39, 0.29) is 0 Å². The monoisotopic (exact) mass is 269 g/mol. The summed E-state index contributed by atoms with van der Waals surface area (Å²) in [4.78, 5) is 4.45. The number of benzene rings is 2. The van der Waals surface area contributed by atoms with E-state index >= 15 is 0 Å². The van der Waals surface area contributed by atoms with Gasteiger partial charge in [0.2, 0.25) is 0 Å². The third kappa shape index (κ3) is 2.90. The Morgan fingerprint density at radius 3 is 1.95 bits per heavy atom. The lowest BCUT2D eigenvalue weighted by molar-refractivity contribution is 0.939. The van der Waals surface area contributed by atoms with Gasteiger partial charge in [0.05, 0.1) is 17.9 Å². The molecule has 0 saturated heterocycles. The molecule has 96 valence electrons. The SMILES string of the molecule is c1ccc(N(NC2=NCCS2)c2ccccc2)cc1. The predicted octanol–water partition coefficient (Wildman–Crippen LogP) is 3.43. The Hall–Kier alpha value is -1.94. The molecule has 0 bridgehead atoms. The van der Waals surface area contributed by atoms with Crippen molar-refractivity contribution < 1.29 is 0 Å². The van der Waals surface area contributed by atoms with Gasteiger partial charge in [0.1, 0.15) is 0 Å². The highest BCUT2D eigenvalue weighted by Gasteiger charge is 2.13.